The third kappa shape index (κ3) is 3.77. The van der Waals surface area contributed by atoms with Crippen LogP contribution >= 0.6 is 0 Å². The fourth-order valence-corrected chi connectivity index (χ4v) is 1.35. The Morgan fingerprint density at radius 1 is 1.44 bits per heavy atom. The number of alkyl halides is 3. The van der Waals surface area contributed by atoms with Crippen LogP contribution in [0.2, 0.25) is 0 Å². The van der Waals surface area contributed by atoms with E-state index in [2.05, 4.69) is 9.97 Å². The van der Waals surface area contributed by atoms with Gasteiger partial charge in [0.05, 0.1) is 6.42 Å². The molecule has 0 aliphatic rings. The number of hydrogen-bond acceptors (Lipinski definition) is 3. The highest BCUT2D eigenvalue weighted by molar-refractivity contribution is 5.19. The third-order valence-electron chi connectivity index (χ3n) is 2.19. The molecular formula is C10H14F3N3. The van der Waals surface area contributed by atoms with Gasteiger partial charge in [0.15, 0.2) is 0 Å². The molecule has 2 N–H and O–H groups in total. The first-order valence-electron chi connectivity index (χ1n) is 4.94. The zero-order chi connectivity index (χ0) is 12.3. The molecule has 0 aliphatic carbocycles. The van der Waals surface area contributed by atoms with Crippen LogP contribution in [0, 0.1) is 6.92 Å². The van der Waals surface area contributed by atoms with Crippen molar-refractivity contribution in [1.82, 2.24) is 9.97 Å². The Kier molecular flexibility index (Phi) is 3.85. The van der Waals surface area contributed by atoms with E-state index in [0.717, 1.165) is 5.56 Å². The average Bonchev–Trinajstić information content (AvgIpc) is 2.13. The Morgan fingerprint density at radius 2 is 2.06 bits per heavy atom. The Morgan fingerprint density at radius 3 is 2.50 bits per heavy atom. The van der Waals surface area contributed by atoms with E-state index in [1.807, 2.05) is 0 Å². The van der Waals surface area contributed by atoms with Gasteiger partial charge in [0.25, 0.3) is 0 Å². The second kappa shape index (κ2) is 4.78. The molecule has 0 aliphatic heterocycles. The maximum atomic E-state index is 12.0. The highest BCUT2D eigenvalue weighted by Crippen LogP contribution is 2.21. The summed E-state index contributed by atoms with van der Waals surface area (Å²) in [5.41, 5.74) is 7.05. The minimum Gasteiger partial charge on any atom is -0.324 e. The number of aromatic nitrogens is 2. The maximum Gasteiger partial charge on any atom is 0.389 e. The van der Waals surface area contributed by atoms with E-state index in [4.69, 9.17) is 5.73 Å². The van der Waals surface area contributed by atoms with Crippen LogP contribution < -0.4 is 5.73 Å². The first-order chi connectivity index (χ1) is 7.29. The van der Waals surface area contributed by atoms with Crippen LogP contribution in [0.5, 0.6) is 0 Å². The largest absolute Gasteiger partial charge is 0.389 e. The van der Waals surface area contributed by atoms with Crippen LogP contribution in [0.3, 0.4) is 0 Å². The number of aryl methyl sites for hydroxylation is 2. The second-order valence-corrected chi connectivity index (χ2v) is 3.73. The zero-order valence-electron chi connectivity index (χ0n) is 9.17. The summed E-state index contributed by atoms with van der Waals surface area (Å²) in [5.74, 6) is 0.208. The van der Waals surface area contributed by atoms with Crippen molar-refractivity contribution < 1.29 is 13.2 Å². The van der Waals surface area contributed by atoms with E-state index in [-0.39, 0.29) is 18.3 Å². The van der Waals surface area contributed by atoms with Crippen LogP contribution in [-0.2, 0) is 6.42 Å². The first-order valence-corrected chi connectivity index (χ1v) is 4.94. The summed E-state index contributed by atoms with van der Waals surface area (Å²) in [6.45, 7) is 3.50. The molecule has 1 aromatic rings. The fraction of sp³-hybridized carbons (Fsp3) is 0.600. The molecule has 1 aromatic heterocycles. The van der Waals surface area contributed by atoms with Gasteiger partial charge in [-0.15, -0.1) is 0 Å². The van der Waals surface area contributed by atoms with Crippen molar-refractivity contribution >= 4 is 0 Å². The molecule has 6 heteroatoms. The van der Waals surface area contributed by atoms with Gasteiger partial charge in [-0.1, -0.05) is 0 Å². The fourth-order valence-electron chi connectivity index (χ4n) is 1.35. The van der Waals surface area contributed by atoms with Crippen molar-refractivity contribution in [3.05, 3.63) is 23.3 Å². The normalized spacial score (nSPS) is 13.9. The minimum absolute atomic E-state index is 0.191. The molecule has 1 rings (SSSR count). The van der Waals surface area contributed by atoms with Gasteiger partial charge in [-0.2, -0.15) is 13.2 Å². The van der Waals surface area contributed by atoms with Gasteiger partial charge in [-0.05, 0) is 13.8 Å². The number of rotatable bonds is 3. The van der Waals surface area contributed by atoms with Crippen molar-refractivity contribution in [3.8, 4) is 0 Å². The van der Waals surface area contributed by atoms with Gasteiger partial charge in [-0.3, -0.25) is 0 Å². The van der Waals surface area contributed by atoms with Crippen LogP contribution in [0.4, 0.5) is 13.2 Å². The second-order valence-electron chi connectivity index (χ2n) is 3.73. The molecule has 0 unspecified atom stereocenters. The van der Waals surface area contributed by atoms with Gasteiger partial charge in [0, 0.05) is 29.9 Å². The summed E-state index contributed by atoms with van der Waals surface area (Å²) in [5, 5.41) is 0. The van der Waals surface area contributed by atoms with Crippen LogP contribution in [0.15, 0.2) is 6.20 Å². The molecule has 0 aromatic carbocycles. The zero-order valence-corrected chi connectivity index (χ0v) is 9.17. The van der Waals surface area contributed by atoms with E-state index in [0.29, 0.717) is 5.69 Å². The van der Waals surface area contributed by atoms with Crippen molar-refractivity contribution in [3.63, 3.8) is 0 Å². The van der Waals surface area contributed by atoms with Gasteiger partial charge in [-0.25, -0.2) is 9.97 Å². The summed E-state index contributed by atoms with van der Waals surface area (Å²) in [4.78, 5) is 7.88. The quantitative estimate of drug-likeness (QED) is 0.871. The van der Waals surface area contributed by atoms with Crippen LogP contribution in [0.1, 0.15) is 36.5 Å². The molecule has 1 heterocycles. The lowest BCUT2D eigenvalue weighted by Crippen LogP contribution is -2.13. The number of hydrogen-bond donors (Lipinski definition) is 1. The molecule has 16 heavy (non-hydrogen) atoms. The Labute approximate surface area is 91.9 Å². The minimum atomic E-state index is -4.17. The Hall–Kier alpha value is -1.17. The Balaban J connectivity index is 2.74. The lowest BCUT2D eigenvalue weighted by Gasteiger charge is -2.10. The maximum absolute atomic E-state index is 12.0. The third-order valence-corrected chi connectivity index (χ3v) is 2.19. The molecular weight excluding hydrogens is 219 g/mol. The van der Waals surface area contributed by atoms with Crippen molar-refractivity contribution in [2.45, 2.75) is 38.9 Å². The van der Waals surface area contributed by atoms with Crippen molar-refractivity contribution in [2.24, 2.45) is 5.73 Å². The van der Waals surface area contributed by atoms with Crippen LogP contribution in [-0.4, -0.2) is 16.1 Å². The predicted octanol–water partition coefficient (Wildman–Crippen LogP) is 2.30. The van der Waals surface area contributed by atoms with Crippen molar-refractivity contribution in [2.75, 3.05) is 0 Å². The number of nitrogens with two attached hydrogens (primary N) is 1. The van der Waals surface area contributed by atoms with Gasteiger partial charge in [0.1, 0.15) is 5.82 Å². The van der Waals surface area contributed by atoms with E-state index in [9.17, 15) is 13.2 Å². The smallest absolute Gasteiger partial charge is 0.324 e. The first kappa shape index (κ1) is 12.9. The number of halogens is 3. The van der Waals surface area contributed by atoms with Gasteiger partial charge < -0.3 is 5.73 Å². The van der Waals surface area contributed by atoms with E-state index < -0.39 is 12.6 Å². The topological polar surface area (TPSA) is 51.8 Å². The van der Waals surface area contributed by atoms with Gasteiger partial charge in [0.2, 0.25) is 0 Å². The lowest BCUT2D eigenvalue weighted by atomic mass is 10.1. The van der Waals surface area contributed by atoms with E-state index in [1.165, 1.54) is 6.20 Å². The molecule has 0 spiro atoms. The monoisotopic (exact) mass is 233 g/mol. The molecule has 0 fully saturated rings. The molecule has 0 bridgehead atoms. The molecule has 3 nitrogen and oxygen atoms in total. The molecule has 0 saturated heterocycles. The van der Waals surface area contributed by atoms with E-state index in [1.54, 1.807) is 13.8 Å². The van der Waals surface area contributed by atoms with Gasteiger partial charge >= 0.3 is 6.18 Å². The molecule has 0 saturated carbocycles. The van der Waals surface area contributed by atoms with E-state index >= 15 is 0 Å². The average molecular weight is 233 g/mol. The highest BCUT2D eigenvalue weighted by atomic mass is 19.4. The summed E-state index contributed by atoms with van der Waals surface area (Å²) >= 11 is 0. The summed E-state index contributed by atoms with van der Waals surface area (Å²) < 4.78 is 35.9. The van der Waals surface area contributed by atoms with Crippen LogP contribution in [0.25, 0.3) is 0 Å². The molecule has 1 atom stereocenters. The Bertz CT molecular complexity index is 361. The SMILES string of the molecule is Cc1nc(CCC(F)(F)F)ncc1[C@@H](C)N. The summed E-state index contributed by atoms with van der Waals surface area (Å²) in [7, 11) is 0. The predicted molar refractivity (Wildman–Crippen MR) is 53.7 cm³/mol. The highest BCUT2D eigenvalue weighted by Gasteiger charge is 2.27. The van der Waals surface area contributed by atoms with Crippen molar-refractivity contribution in [1.29, 1.82) is 0 Å². The number of nitrogens with zero attached hydrogens (tertiary/aromatic N) is 2. The summed E-state index contributed by atoms with van der Waals surface area (Å²) in [6, 6.07) is -0.211. The lowest BCUT2D eigenvalue weighted by molar-refractivity contribution is -0.134. The summed E-state index contributed by atoms with van der Waals surface area (Å²) in [6.07, 6.45) is -3.76. The molecule has 0 amide bonds. The molecule has 90 valence electrons. The standard InChI is InChI=1S/C10H14F3N3/c1-6(14)8-5-15-9(16-7(8)2)3-4-10(11,12)13/h5-6H,3-4,14H2,1-2H3/t6-/m1/s1. The molecule has 0 radical (unpaired) electrons.